The van der Waals surface area contributed by atoms with Gasteiger partial charge in [0.2, 0.25) is 0 Å². The van der Waals surface area contributed by atoms with E-state index in [2.05, 4.69) is 62.9 Å². The number of aryl methyl sites for hydroxylation is 2. The number of urea groups is 1. The van der Waals surface area contributed by atoms with E-state index in [0.29, 0.717) is 6.54 Å². The topological polar surface area (TPSA) is 95.4 Å². The number of benzene rings is 2. The first kappa shape index (κ1) is 27.4. The number of anilines is 1. The molecule has 0 atom stereocenters. The molecule has 0 fully saturated rings. The minimum Gasteiger partial charge on any atom is -0.357 e. The van der Waals surface area contributed by atoms with Crippen LogP contribution < -0.4 is 21.3 Å². The predicted molar refractivity (Wildman–Crippen MR) is 151 cm³/mol. The Hall–Kier alpha value is -2.82. The van der Waals surface area contributed by atoms with Crippen LogP contribution in [-0.4, -0.2) is 40.7 Å². The number of amides is 2. The van der Waals surface area contributed by atoms with Crippen molar-refractivity contribution in [2.75, 3.05) is 18.4 Å². The molecule has 0 spiro atoms. The second-order valence-corrected chi connectivity index (χ2v) is 8.22. The van der Waals surface area contributed by atoms with E-state index in [4.69, 9.17) is 4.99 Å². The molecule has 0 saturated heterocycles. The Kier molecular flexibility index (Phi) is 11.1. The second kappa shape index (κ2) is 13.8. The van der Waals surface area contributed by atoms with E-state index in [9.17, 15) is 4.79 Å². The lowest BCUT2D eigenvalue weighted by Gasteiger charge is -2.13. The quantitative estimate of drug-likeness (QED) is 0.129. The first-order valence-corrected chi connectivity index (χ1v) is 11.6. The maximum Gasteiger partial charge on any atom is 0.319 e. The molecule has 9 heteroatoms. The Morgan fingerprint density at radius 2 is 1.82 bits per heavy atom. The highest BCUT2D eigenvalue weighted by Crippen LogP contribution is 2.15. The Balaban J connectivity index is 0.00000408. The van der Waals surface area contributed by atoms with Gasteiger partial charge in [-0.15, -0.1) is 24.0 Å². The molecular formula is C25H36IN7O. The number of hydrogen-bond acceptors (Lipinski definition) is 3. The third kappa shape index (κ3) is 8.19. The summed E-state index contributed by atoms with van der Waals surface area (Å²) < 4.78 is 2.26. The first-order chi connectivity index (χ1) is 16.0. The van der Waals surface area contributed by atoms with Crippen molar-refractivity contribution in [2.45, 2.75) is 53.2 Å². The van der Waals surface area contributed by atoms with Gasteiger partial charge in [0.1, 0.15) is 5.82 Å². The van der Waals surface area contributed by atoms with Gasteiger partial charge in [0.05, 0.1) is 17.6 Å². The van der Waals surface area contributed by atoms with E-state index in [-0.39, 0.29) is 36.0 Å². The molecule has 2 amide bonds. The molecule has 0 bridgehead atoms. The average molecular weight is 578 g/mol. The molecule has 8 nitrogen and oxygen atoms in total. The van der Waals surface area contributed by atoms with E-state index in [1.54, 1.807) is 0 Å². The molecular weight excluding hydrogens is 541 g/mol. The zero-order valence-electron chi connectivity index (χ0n) is 20.4. The minimum atomic E-state index is -0.201. The van der Waals surface area contributed by atoms with E-state index < -0.39 is 0 Å². The van der Waals surface area contributed by atoms with Crippen LogP contribution in [0.1, 0.15) is 38.6 Å². The van der Waals surface area contributed by atoms with Crippen LogP contribution >= 0.6 is 24.0 Å². The molecule has 1 heterocycles. The predicted octanol–water partition coefficient (Wildman–Crippen LogP) is 4.64. The normalized spacial score (nSPS) is 11.3. The van der Waals surface area contributed by atoms with Crippen molar-refractivity contribution in [2.24, 2.45) is 4.99 Å². The fourth-order valence-corrected chi connectivity index (χ4v) is 3.56. The van der Waals surface area contributed by atoms with Gasteiger partial charge < -0.3 is 25.8 Å². The highest BCUT2D eigenvalue weighted by Gasteiger charge is 2.06. The number of aliphatic imine (C=N–C) groups is 1. The number of guanidine groups is 1. The van der Waals surface area contributed by atoms with Crippen LogP contribution in [0.15, 0.2) is 53.5 Å². The molecule has 184 valence electrons. The number of hydrogen-bond donors (Lipinski definition) is 4. The number of rotatable bonds is 9. The molecule has 4 N–H and O–H groups in total. The maximum atomic E-state index is 11.8. The summed E-state index contributed by atoms with van der Waals surface area (Å²) in [4.78, 5) is 21.1. The van der Waals surface area contributed by atoms with Gasteiger partial charge in [-0.2, -0.15) is 0 Å². The molecule has 34 heavy (non-hydrogen) atoms. The van der Waals surface area contributed by atoms with Gasteiger partial charge in [-0.3, -0.25) is 0 Å². The zero-order chi connectivity index (χ0) is 23.6. The first-order valence-electron chi connectivity index (χ1n) is 11.6. The molecule has 0 radical (unpaired) electrons. The number of nitrogens with zero attached hydrogens (tertiary/aromatic N) is 3. The molecule has 0 aliphatic heterocycles. The summed E-state index contributed by atoms with van der Waals surface area (Å²) in [6, 6.07) is 15.9. The van der Waals surface area contributed by atoms with Crippen LogP contribution in [-0.2, 0) is 13.1 Å². The van der Waals surface area contributed by atoms with Crippen LogP contribution in [0.4, 0.5) is 10.5 Å². The summed E-state index contributed by atoms with van der Waals surface area (Å²) in [5.74, 6) is 1.83. The maximum absolute atomic E-state index is 11.8. The fourth-order valence-electron chi connectivity index (χ4n) is 3.56. The van der Waals surface area contributed by atoms with Crippen molar-refractivity contribution >= 4 is 52.7 Å². The largest absolute Gasteiger partial charge is 0.357 e. The lowest BCUT2D eigenvalue weighted by atomic mass is 10.2. The molecule has 0 unspecified atom stereocenters. The number of para-hydroxylation sites is 2. The van der Waals surface area contributed by atoms with Crippen molar-refractivity contribution in [1.82, 2.24) is 25.5 Å². The fraction of sp³-hybridized carbons (Fsp3) is 0.400. The lowest BCUT2D eigenvalue weighted by Crippen LogP contribution is -2.38. The Labute approximate surface area is 219 Å². The van der Waals surface area contributed by atoms with Gasteiger partial charge in [-0.1, -0.05) is 24.3 Å². The van der Waals surface area contributed by atoms with Crippen LogP contribution in [0.3, 0.4) is 0 Å². The van der Waals surface area contributed by atoms with Crippen molar-refractivity contribution < 1.29 is 4.79 Å². The van der Waals surface area contributed by atoms with Gasteiger partial charge in [0.15, 0.2) is 5.96 Å². The molecule has 0 aliphatic carbocycles. The monoisotopic (exact) mass is 577 g/mol. The van der Waals surface area contributed by atoms with E-state index >= 15 is 0 Å². The second-order valence-electron chi connectivity index (χ2n) is 8.22. The number of fused-ring (bicyclic) bond motifs is 1. The third-order valence-electron chi connectivity index (χ3n) is 5.09. The number of carbonyl (C=O) groups is 1. The van der Waals surface area contributed by atoms with E-state index in [1.165, 1.54) is 5.52 Å². The van der Waals surface area contributed by atoms with Gasteiger partial charge in [-0.25, -0.2) is 14.8 Å². The number of halogens is 1. The van der Waals surface area contributed by atoms with Crippen LogP contribution in [0, 0.1) is 6.92 Å². The molecule has 1 aromatic heterocycles. The number of carbonyl (C=O) groups excluding carboxylic acids is 1. The van der Waals surface area contributed by atoms with Crippen molar-refractivity contribution in [1.29, 1.82) is 0 Å². The third-order valence-corrected chi connectivity index (χ3v) is 5.09. The van der Waals surface area contributed by atoms with Crippen molar-refractivity contribution in [3.63, 3.8) is 0 Å². The lowest BCUT2D eigenvalue weighted by molar-refractivity contribution is 0.250. The van der Waals surface area contributed by atoms with E-state index in [1.807, 2.05) is 44.2 Å². The summed E-state index contributed by atoms with van der Waals surface area (Å²) in [7, 11) is 0. The highest BCUT2D eigenvalue weighted by molar-refractivity contribution is 14.0. The summed E-state index contributed by atoms with van der Waals surface area (Å²) >= 11 is 0. The van der Waals surface area contributed by atoms with Gasteiger partial charge >= 0.3 is 6.03 Å². The summed E-state index contributed by atoms with van der Waals surface area (Å²) in [6.45, 7) is 11.0. The average Bonchev–Trinajstić information content (AvgIpc) is 3.10. The smallest absolute Gasteiger partial charge is 0.319 e. The van der Waals surface area contributed by atoms with Crippen molar-refractivity contribution in [3.05, 3.63) is 59.9 Å². The highest BCUT2D eigenvalue weighted by atomic mass is 127. The standard InChI is InChI=1S/C25H35N7O.HI/c1-5-26-24(27-15-8-16-32-19(4)30-22-9-6-7-10-23(22)32)28-17-20-11-13-21(14-12-20)31-25(33)29-18(2)3;/h6-7,9-14,18H,5,8,15-17H2,1-4H3,(H2,26,27,28)(H2,29,31,33);1H. The molecule has 0 saturated carbocycles. The van der Waals surface area contributed by atoms with E-state index in [0.717, 1.165) is 54.6 Å². The summed E-state index contributed by atoms with van der Waals surface area (Å²) in [5.41, 5.74) is 4.05. The van der Waals surface area contributed by atoms with Crippen LogP contribution in [0.5, 0.6) is 0 Å². The minimum absolute atomic E-state index is 0. The number of aromatic nitrogens is 2. The number of imidazole rings is 1. The van der Waals surface area contributed by atoms with Crippen LogP contribution in [0.25, 0.3) is 11.0 Å². The Bertz CT molecular complexity index is 1080. The van der Waals surface area contributed by atoms with Crippen LogP contribution in [0.2, 0.25) is 0 Å². The molecule has 3 rings (SSSR count). The number of nitrogens with one attached hydrogen (secondary N) is 4. The summed E-state index contributed by atoms with van der Waals surface area (Å²) in [5, 5.41) is 12.4. The Morgan fingerprint density at radius 3 is 2.53 bits per heavy atom. The summed E-state index contributed by atoms with van der Waals surface area (Å²) in [6.07, 6.45) is 0.963. The SMILES string of the molecule is CCNC(=NCc1ccc(NC(=O)NC(C)C)cc1)NCCCn1c(C)nc2ccccc21.I. The van der Waals surface area contributed by atoms with Crippen molar-refractivity contribution in [3.8, 4) is 0 Å². The van der Waals surface area contributed by atoms with Gasteiger partial charge in [0, 0.05) is 31.4 Å². The van der Waals surface area contributed by atoms with Gasteiger partial charge in [0.25, 0.3) is 0 Å². The zero-order valence-corrected chi connectivity index (χ0v) is 22.7. The molecule has 0 aliphatic rings. The Morgan fingerprint density at radius 1 is 1.09 bits per heavy atom. The molecule has 3 aromatic rings. The molecule has 2 aromatic carbocycles. The van der Waals surface area contributed by atoms with Gasteiger partial charge in [-0.05, 0) is 63.9 Å².